The molecular formula is C17H22N4. The molecule has 1 aliphatic carbocycles. The smallest absolute Gasteiger partial charge is 0.191 e. The fourth-order valence-electron chi connectivity index (χ4n) is 2.51. The minimum absolute atomic E-state index is 0.756. The first-order valence-electron chi connectivity index (χ1n) is 7.64. The SMILES string of the molecule is CN=C(NCCC1CC1)NCc1ccnc2ccccc12. The number of benzene rings is 1. The average molecular weight is 282 g/mol. The number of aromatic nitrogens is 1. The average Bonchev–Trinajstić information content (AvgIpc) is 3.35. The second-order valence-electron chi connectivity index (χ2n) is 5.57. The molecule has 2 N–H and O–H groups in total. The van der Waals surface area contributed by atoms with Crippen LogP contribution < -0.4 is 10.6 Å². The molecule has 1 saturated carbocycles. The van der Waals surface area contributed by atoms with Gasteiger partial charge in [-0.1, -0.05) is 31.0 Å². The van der Waals surface area contributed by atoms with E-state index in [1.54, 1.807) is 0 Å². The fraction of sp³-hybridized carbons (Fsp3) is 0.412. The molecule has 3 rings (SSSR count). The molecule has 0 unspecified atom stereocenters. The molecule has 110 valence electrons. The van der Waals surface area contributed by atoms with Crippen LogP contribution in [0.15, 0.2) is 41.5 Å². The van der Waals surface area contributed by atoms with Crippen molar-refractivity contribution in [3.05, 3.63) is 42.1 Å². The van der Waals surface area contributed by atoms with Crippen molar-refractivity contribution in [1.29, 1.82) is 0 Å². The minimum atomic E-state index is 0.756. The van der Waals surface area contributed by atoms with Gasteiger partial charge in [0, 0.05) is 31.7 Å². The molecule has 4 nitrogen and oxygen atoms in total. The summed E-state index contributed by atoms with van der Waals surface area (Å²) in [5.41, 5.74) is 2.28. The summed E-state index contributed by atoms with van der Waals surface area (Å²) >= 11 is 0. The summed E-state index contributed by atoms with van der Waals surface area (Å²) in [4.78, 5) is 8.67. The van der Waals surface area contributed by atoms with Crippen molar-refractivity contribution in [2.75, 3.05) is 13.6 Å². The minimum Gasteiger partial charge on any atom is -0.356 e. The first-order valence-corrected chi connectivity index (χ1v) is 7.64. The Hall–Kier alpha value is -2.10. The summed E-state index contributed by atoms with van der Waals surface area (Å²) in [7, 11) is 1.82. The molecular weight excluding hydrogens is 260 g/mol. The van der Waals surface area contributed by atoms with Gasteiger partial charge in [0.25, 0.3) is 0 Å². The zero-order chi connectivity index (χ0) is 14.5. The van der Waals surface area contributed by atoms with Gasteiger partial charge in [-0.05, 0) is 30.0 Å². The van der Waals surface area contributed by atoms with E-state index in [-0.39, 0.29) is 0 Å². The van der Waals surface area contributed by atoms with Crippen LogP contribution in [0.2, 0.25) is 0 Å². The van der Waals surface area contributed by atoms with Gasteiger partial charge in [-0.25, -0.2) is 0 Å². The molecule has 1 aliphatic rings. The number of aliphatic imine (C=N–C) groups is 1. The maximum atomic E-state index is 4.39. The predicted octanol–water partition coefficient (Wildman–Crippen LogP) is 2.70. The van der Waals surface area contributed by atoms with Crippen LogP contribution in [0.25, 0.3) is 10.9 Å². The van der Waals surface area contributed by atoms with Crippen LogP contribution in [0.5, 0.6) is 0 Å². The topological polar surface area (TPSA) is 49.3 Å². The van der Waals surface area contributed by atoms with E-state index in [0.717, 1.165) is 30.5 Å². The van der Waals surface area contributed by atoms with Gasteiger partial charge < -0.3 is 10.6 Å². The Morgan fingerprint density at radius 1 is 1.24 bits per heavy atom. The van der Waals surface area contributed by atoms with Crippen molar-refractivity contribution in [3.8, 4) is 0 Å². The highest BCUT2D eigenvalue weighted by molar-refractivity contribution is 5.83. The number of guanidine groups is 1. The molecule has 21 heavy (non-hydrogen) atoms. The van der Waals surface area contributed by atoms with Gasteiger partial charge in [-0.2, -0.15) is 0 Å². The van der Waals surface area contributed by atoms with Crippen LogP contribution in [-0.2, 0) is 6.54 Å². The number of hydrogen-bond donors (Lipinski definition) is 2. The Bertz CT molecular complexity index is 626. The molecule has 0 radical (unpaired) electrons. The number of rotatable bonds is 5. The maximum absolute atomic E-state index is 4.39. The fourth-order valence-corrected chi connectivity index (χ4v) is 2.51. The Morgan fingerprint density at radius 3 is 2.90 bits per heavy atom. The van der Waals surface area contributed by atoms with Crippen LogP contribution in [0, 0.1) is 5.92 Å². The summed E-state index contributed by atoms with van der Waals surface area (Å²) in [5.74, 6) is 1.82. The van der Waals surface area contributed by atoms with Crippen LogP contribution in [-0.4, -0.2) is 24.5 Å². The second-order valence-corrected chi connectivity index (χ2v) is 5.57. The highest BCUT2D eigenvalue weighted by atomic mass is 15.2. The third-order valence-electron chi connectivity index (χ3n) is 3.95. The zero-order valence-electron chi connectivity index (χ0n) is 12.5. The standard InChI is InChI=1S/C17H22N4/c1-18-17(20-10-8-13-6-7-13)21-12-14-9-11-19-16-5-3-2-4-15(14)16/h2-5,9,11,13H,6-8,10,12H2,1H3,(H2,18,20,21). The number of pyridine rings is 1. The zero-order valence-corrected chi connectivity index (χ0v) is 12.5. The lowest BCUT2D eigenvalue weighted by Gasteiger charge is -2.12. The molecule has 0 amide bonds. The summed E-state index contributed by atoms with van der Waals surface area (Å²) in [5, 5.41) is 7.96. The van der Waals surface area contributed by atoms with Gasteiger partial charge >= 0.3 is 0 Å². The molecule has 0 aliphatic heterocycles. The first-order chi connectivity index (χ1) is 10.4. The van der Waals surface area contributed by atoms with E-state index in [1.165, 1.54) is 30.2 Å². The summed E-state index contributed by atoms with van der Waals surface area (Å²) in [6.45, 7) is 1.76. The Morgan fingerprint density at radius 2 is 2.10 bits per heavy atom. The summed E-state index contributed by atoms with van der Waals surface area (Å²) < 4.78 is 0. The van der Waals surface area contributed by atoms with Crippen molar-refractivity contribution >= 4 is 16.9 Å². The van der Waals surface area contributed by atoms with Gasteiger partial charge in [0.1, 0.15) is 0 Å². The van der Waals surface area contributed by atoms with E-state index in [9.17, 15) is 0 Å². The molecule has 0 atom stereocenters. The number of fused-ring (bicyclic) bond motifs is 1. The van der Waals surface area contributed by atoms with Gasteiger partial charge in [0.15, 0.2) is 5.96 Å². The Kier molecular flexibility index (Phi) is 4.34. The molecule has 1 aromatic heterocycles. The van der Waals surface area contributed by atoms with E-state index in [1.807, 2.05) is 25.4 Å². The number of nitrogens with one attached hydrogen (secondary N) is 2. The van der Waals surface area contributed by atoms with Gasteiger partial charge in [0.2, 0.25) is 0 Å². The molecule has 2 aromatic rings. The van der Waals surface area contributed by atoms with Crippen LogP contribution in [0.3, 0.4) is 0 Å². The quantitative estimate of drug-likeness (QED) is 0.655. The molecule has 1 fully saturated rings. The summed E-state index contributed by atoms with van der Waals surface area (Å²) in [6.07, 6.45) is 5.91. The van der Waals surface area contributed by atoms with Crippen molar-refractivity contribution in [2.45, 2.75) is 25.8 Å². The van der Waals surface area contributed by atoms with Crippen molar-refractivity contribution < 1.29 is 0 Å². The van der Waals surface area contributed by atoms with E-state index >= 15 is 0 Å². The Labute approximate surface area is 125 Å². The van der Waals surface area contributed by atoms with E-state index < -0.39 is 0 Å². The van der Waals surface area contributed by atoms with E-state index in [4.69, 9.17) is 0 Å². The number of hydrogen-bond acceptors (Lipinski definition) is 2. The molecule has 0 spiro atoms. The predicted molar refractivity (Wildman–Crippen MR) is 87.3 cm³/mol. The van der Waals surface area contributed by atoms with Crippen LogP contribution in [0.4, 0.5) is 0 Å². The van der Waals surface area contributed by atoms with Gasteiger partial charge in [-0.3, -0.25) is 9.98 Å². The van der Waals surface area contributed by atoms with Crippen LogP contribution in [0.1, 0.15) is 24.8 Å². The van der Waals surface area contributed by atoms with Crippen molar-refractivity contribution in [3.63, 3.8) is 0 Å². The largest absolute Gasteiger partial charge is 0.356 e. The van der Waals surface area contributed by atoms with Gasteiger partial charge in [-0.15, -0.1) is 0 Å². The number of nitrogens with zero attached hydrogens (tertiary/aromatic N) is 2. The maximum Gasteiger partial charge on any atom is 0.191 e. The third kappa shape index (κ3) is 3.72. The summed E-state index contributed by atoms with van der Waals surface area (Å²) in [6, 6.07) is 10.3. The highest BCUT2D eigenvalue weighted by Crippen LogP contribution is 2.31. The monoisotopic (exact) mass is 282 g/mol. The van der Waals surface area contributed by atoms with E-state index in [0.29, 0.717) is 0 Å². The lowest BCUT2D eigenvalue weighted by Crippen LogP contribution is -2.37. The second kappa shape index (κ2) is 6.57. The molecule has 1 aromatic carbocycles. The molecule has 1 heterocycles. The molecule has 0 saturated heterocycles. The first kappa shape index (κ1) is 13.9. The van der Waals surface area contributed by atoms with E-state index in [2.05, 4.69) is 38.8 Å². The van der Waals surface area contributed by atoms with Crippen molar-refractivity contribution in [2.24, 2.45) is 10.9 Å². The third-order valence-corrected chi connectivity index (χ3v) is 3.95. The van der Waals surface area contributed by atoms with Crippen molar-refractivity contribution in [1.82, 2.24) is 15.6 Å². The Balaban J connectivity index is 1.59. The lowest BCUT2D eigenvalue weighted by molar-refractivity contribution is 0.685. The molecule has 4 heteroatoms. The highest BCUT2D eigenvalue weighted by Gasteiger charge is 2.20. The lowest BCUT2D eigenvalue weighted by atomic mass is 10.1. The van der Waals surface area contributed by atoms with Gasteiger partial charge in [0.05, 0.1) is 5.52 Å². The normalized spacial score (nSPS) is 15.2. The van der Waals surface area contributed by atoms with Crippen LogP contribution >= 0.6 is 0 Å². The molecule has 0 bridgehead atoms. The number of para-hydroxylation sites is 1.